The van der Waals surface area contributed by atoms with Crippen molar-refractivity contribution >= 4 is 30.0 Å². The normalized spacial score (nSPS) is 13.0. The molecule has 2 aromatic carbocycles. The lowest BCUT2D eigenvalue weighted by Crippen LogP contribution is -2.27. The topological polar surface area (TPSA) is 143 Å². The van der Waals surface area contributed by atoms with Crippen LogP contribution in [-0.2, 0) is 18.1 Å². The summed E-state index contributed by atoms with van der Waals surface area (Å²) in [6.07, 6.45) is 2.13. The van der Waals surface area contributed by atoms with Gasteiger partial charge in [-0.25, -0.2) is 9.67 Å². The number of rotatable bonds is 12. The van der Waals surface area contributed by atoms with Gasteiger partial charge in [-0.3, -0.25) is 19.3 Å². The maximum Gasteiger partial charge on any atom is 0.279 e. The number of ether oxygens (including phenoxy) is 1. The first-order valence-corrected chi connectivity index (χ1v) is 17.1. The summed E-state index contributed by atoms with van der Waals surface area (Å²) in [6.45, 7) is 8.87. The number of benzene rings is 2. The van der Waals surface area contributed by atoms with Crippen LogP contribution in [0.4, 0.5) is 0 Å². The highest BCUT2D eigenvalue weighted by Crippen LogP contribution is 2.30. The van der Waals surface area contributed by atoms with Crippen molar-refractivity contribution in [3.8, 4) is 17.0 Å². The lowest BCUT2D eigenvalue weighted by Gasteiger charge is -2.17. The van der Waals surface area contributed by atoms with Crippen LogP contribution >= 0.6 is 0 Å². The molecule has 4 N–H and O–H groups in total. The molecule has 0 aliphatic heterocycles. The third kappa shape index (κ3) is 6.01. The second-order valence-corrected chi connectivity index (χ2v) is 16.8. The second-order valence-electron chi connectivity index (χ2n) is 11.2. The smallest absolute Gasteiger partial charge is 0.279 e. The van der Waals surface area contributed by atoms with Crippen molar-refractivity contribution in [1.29, 1.82) is 0 Å². The average molecular weight is 555 g/mol. The minimum absolute atomic E-state index is 0.0252. The summed E-state index contributed by atoms with van der Waals surface area (Å²) in [6, 6.07) is 9.13. The van der Waals surface area contributed by atoms with Gasteiger partial charge < -0.3 is 20.1 Å². The zero-order valence-electron chi connectivity index (χ0n) is 23.0. The van der Waals surface area contributed by atoms with Gasteiger partial charge >= 0.3 is 0 Å². The number of aromatic hydroxyl groups is 1. The quantitative estimate of drug-likeness (QED) is 0.153. The van der Waals surface area contributed by atoms with Gasteiger partial charge in [0, 0.05) is 32.4 Å². The summed E-state index contributed by atoms with van der Waals surface area (Å²) < 4.78 is 8.91. The van der Waals surface area contributed by atoms with Crippen LogP contribution in [-0.4, -0.2) is 55.9 Å². The molecule has 0 radical (unpaired) electrons. The molecule has 4 aromatic rings. The predicted octanol–water partition coefficient (Wildman–Crippen LogP) is 3.94. The highest BCUT2D eigenvalue weighted by Gasteiger charge is 2.22. The number of hydrogen-bond donors (Lipinski definition) is 4. The number of aromatic nitrogens is 4. The number of hydrogen-bond acceptors (Lipinski definition) is 7. The van der Waals surface area contributed by atoms with E-state index in [1.165, 1.54) is 4.57 Å². The molecule has 1 unspecified atom stereocenters. The number of aliphatic hydroxyl groups is 2. The van der Waals surface area contributed by atoms with Crippen molar-refractivity contribution in [3.05, 3.63) is 56.6 Å². The fraction of sp³-hybridized carbons (Fsp3) is 0.464. The Labute approximate surface area is 227 Å². The third-order valence-electron chi connectivity index (χ3n) is 7.03. The molecule has 11 heteroatoms. The first-order valence-electron chi connectivity index (χ1n) is 13.4. The number of H-pyrrole nitrogens is 1. The highest BCUT2D eigenvalue weighted by molar-refractivity contribution is 6.76. The maximum atomic E-state index is 13.9. The minimum atomic E-state index is -1.34. The van der Waals surface area contributed by atoms with Gasteiger partial charge in [0.25, 0.3) is 11.1 Å². The van der Waals surface area contributed by atoms with Crippen molar-refractivity contribution in [2.75, 3.05) is 13.2 Å². The molecule has 0 amide bonds. The Bertz CT molecular complexity index is 1580. The summed E-state index contributed by atoms with van der Waals surface area (Å²) in [5, 5.41) is 33.3. The third-order valence-corrected chi connectivity index (χ3v) is 8.74. The molecule has 0 saturated carbocycles. The van der Waals surface area contributed by atoms with Crippen LogP contribution in [0.2, 0.25) is 25.7 Å². The zero-order valence-corrected chi connectivity index (χ0v) is 24.0. The van der Waals surface area contributed by atoms with Gasteiger partial charge in [0.15, 0.2) is 0 Å². The number of unbranched alkanes of at least 4 members (excludes halogenated alkanes) is 1. The molecule has 0 aliphatic rings. The maximum absolute atomic E-state index is 13.9. The molecule has 0 bridgehead atoms. The van der Waals surface area contributed by atoms with Crippen LogP contribution in [0.25, 0.3) is 33.2 Å². The summed E-state index contributed by atoms with van der Waals surface area (Å²) >= 11 is 0. The lowest BCUT2D eigenvalue weighted by molar-refractivity contribution is 0.0878. The first-order chi connectivity index (χ1) is 18.6. The minimum Gasteiger partial charge on any atom is -0.505 e. The van der Waals surface area contributed by atoms with Gasteiger partial charge in [0.05, 0.1) is 29.1 Å². The van der Waals surface area contributed by atoms with E-state index in [4.69, 9.17) is 9.84 Å². The molecular weight excluding hydrogens is 516 g/mol. The molecule has 0 spiro atoms. The SMILES string of the molecule is CC(CCCCO)n1[nH]c2c(-c3nc4c(O)c(CO)ccc4n(COCC[Si](C)(C)C)c3=O)cccc2c1=O. The Morgan fingerprint density at radius 2 is 1.85 bits per heavy atom. The number of para-hydroxylation sites is 1. The zero-order chi connectivity index (χ0) is 28.3. The van der Waals surface area contributed by atoms with Gasteiger partial charge in [0.2, 0.25) is 0 Å². The molecule has 210 valence electrons. The van der Waals surface area contributed by atoms with Gasteiger partial charge in [-0.15, -0.1) is 0 Å². The Kier molecular flexibility index (Phi) is 8.75. The van der Waals surface area contributed by atoms with Crippen molar-refractivity contribution in [1.82, 2.24) is 19.3 Å². The van der Waals surface area contributed by atoms with Crippen LogP contribution in [0.1, 0.15) is 37.8 Å². The standard InChI is InChI=1S/C28H38N4O6Si/c1-18(8-5-6-13-33)32-27(36)21-10-7-9-20(23(21)30-32)24-28(37)31(17-38-14-15-39(2,3)4)22-12-11-19(16-34)26(35)25(22)29-24/h7,9-12,18,30,33-35H,5-6,8,13-17H2,1-4H3. The van der Waals surface area contributed by atoms with E-state index in [9.17, 15) is 19.8 Å². The average Bonchev–Trinajstić information content (AvgIpc) is 3.24. The van der Waals surface area contributed by atoms with Crippen molar-refractivity contribution in [2.24, 2.45) is 0 Å². The van der Waals surface area contributed by atoms with E-state index >= 15 is 0 Å². The van der Waals surface area contributed by atoms with Crippen LogP contribution in [0, 0.1) is 0 Å². The second kappa shape index (κ2) is 11.9. The molecular formula is C28H38N4O6Si. The first kappa shape index (κ1) is 28.7. The van der Waals surface area contributed by atoms with E-state index < -0.39 is 13.6 Å². The molecule has 2 heterocycles. The van der Waals surface area contributed by atoms with Gasteiger partial charge in [-0.2, -0.15) is 0 Å². The molecule has 0 saturated heterocycles. The summed E-state index contributed by atoms with van der Waals surface area (Å²) in [7, 11) is -1.34. The highest BCUT2D eigenvalue weighted by atomic mass is 28.3. The predicted molar refractivity (Wildman–Crippen MR) is 155 cm³/mol. The van der Waals surface area contributed by atoms with Crippen LogP contribution in [0.3, 0.4) is 0 Å². The molecule has 4 rings (SSSR count). The fourth-order valence-electron chi connectivity index (χ4n) is 4.64. The molecule has 10 nitrogen and oxygen atoms in total. The Hall–Kier alpha value is -3.25. The van der Waals surface area contributed by atoms with E-state index in [0.29, 0.717) is 47.0 Å². The fourth-order valence-corrected chi connectivity index (χ4v) is 5.40. The molecule has 2 aromatic heterocycles. The largest absolute Gasteiger partial charge is 0.505 e. The van der Waals surface area contributed by atoms with Crippen LogP contribution in [0.15, 0.2) is 39.9 Å². The van der Waals surface area contributed by atoms with Crippen molar-refractivity contribution in [3.63, 3.8) is 0 Å². The monoisotopic (exact) mass is 554 g/mol. The van der Waals surface area contributed by atoms with E-state index in [1.807, 2.05) is 6.92 Å². The Balaban J connectivity index is 1.87. The van der Waals surface area contributed by atoms with Crippen molar-refractivity contribution < 1.29 is 20.1 Å². The summed E-state index contributed by atoms with van der Waals surface area (Å²) in [4.78, 5) is 31.7. The van der Waals surface area contributed by atoms with E-state index in [2.05, 4.69) is 29.7 Å². The molecule has 1 atom stereocenters. The number of nitrogens with one attached hydrogen (secondary N) is 1. The number of aromatic amines is 1. The van der Waals surface area contributed by atoms with Gasteiger partial charge in [0.1, 0.15) is 23.7 Å². The number of fused-ring (bicyclic) bond motifs is 2. The van der Waals surface area contributed by atoms with Crippen LogP contribution in [0.5, 0.6) is 5.75 Å². The van der Waals surface area contributed by atoms with E-state index in [1.54, 1.807) is 35.0 Å². The van der Waals surface area contributed by atoms with Crippen LogP contribution < -0.4 is 11.1 Å². The number of nitrogens with zero attached hydrogens (tertiary/aromatic N) is 3. The van der Waals surface area contributed by atoms with Gasteiger partial charge in [-0.05, 0) is 44.4 Å². The van der Waals surface area contributed by atoms with Gasteiger partial charge in [-0.1, -0.05) is 37.8 Å². The van der Waals surface area contributed by atoms with E-state index in [0.717, 1.165) is 12.5 Å². The van der Waals surface area contributed by atoms with E-state index in [-0.39, 0.29) is 48.5 Å². The molecule has 0 aliphatic carbocycles. The molecule has 0 fully saturated rings. The Morgan fingerprint density at radius 3 is 2.54 bits per heavy atom. The van der Waals surface area contributed by atoms with Crippen molar-refractivity contribution in [2.45, 2.75) is 71.3 Å². The number of phenols is 1. The lowest BCUT2D eigenvalue weighted by atomic mass is 10.1. The molecule has 39 heavy (non-hydrogen) atoms. The summed E-state index contributed by atoms with van der Waals surface area (Å²) in [5.41, 5.74) is 1.21. The summed E-state index contributed by atoms with van der Waals surface area (Å²) in [5.74, 6) is -0.206. The number of aliphatic hydroxyl groups excluding tert-OH is 2. The Morgan fingerprint density at radius 1 is 1.08 bits per heavy atom.